The monoisotopic (exact) mass is 175 g/mol. The van der Waals surface area contributed by atoms with Crippen LogP contribution in [0.5, 0.6) is 0 Å². The van der Waals surface area contributed by atoms with Crippen molar-refractivity contribution in [2.24, 2.45) is 5.92 Å². The van der Waals surface area contributed by atoms with E-state index in [1.54, 1.807) is 6.92 Å². The summed E-state index contributed by atoms with van der Waals surface area (Å²) in [5.41, 5.74) is 0. The molecule has 74 valence electrons. The van der Waals surface area contributed by atoms with Crippen LogP contribution in [-0.2, 0) is 0 Å². The maximum Gasteiger partial charge on any atom is 0.0667 e. The molecule has 2 atom stereocenters. The average molecular weight is 175 g/mol. The van der Waals surface area contributed by atoms with E-state index in [4.69, 9.17) is 5.11 Å². The molecule has 3 N–H and O–H groups in total. The van der Waals surface area contributed by atoms with Gasteiger partial charge in [0.05, 0.1) is 12.2 Å². The highest BCUT2D eigenvalue weighted by molar-refractivity contribution is 4.62. The molecule has 0 saturated heterocycles. The number of aliphatic hydroxyl groups is 2. The first kappa shape index (κ1) is 11.9. The van der Waals surface area contributed by atoms with Crippen molar-refractivity contribution in [3.05, 3.63) is 0 Å². The van der Waals surface area contributed by atoms with Crippen LogP contribution in [0.15, 0.2) is 0 Å². The lowest BCUT2D eigenvalue weighted by Crippen LogP contribution is -2.32. The number of rotatable bonds is 6. The van der Waals surface area contributed by atoms with E-state index in [0.717, 1.165) is 6.42 Å². The SMILES string of the molecule is CC(C)CC(O)CNCC(C)O. The largest absolute Gasteiger partial charge is 0.392 e. The zero-order chi connectivity index (χ0) is 9.56. The minimum absolute atomic E-state index is 0.288. The summed E-state index contributed by atoms with van der Waals surface area (Å²) in [6, 6.07) is 0. The zero-order valence-electron chi connectivity index (χ0n) is 8.25. The molecule has 3 heteroatoms. The summed E-state index contributed by atoms with van der Waals surface area (Å²) in [6.07, 6.45) is 0.187. The molecule has 0 bridgehead atoms. The Hall–Kier alpha value is -0.120. The van der Waals surface area contributed by atoms with E-state index in [1.165, 1.54) is 0 Å². The standard InChI is InChI=1S/C9H21NO2/c1-7(2)4-9(12)6-10-5-8(3)11/h7-12H,4-6H2,1-3H3. The average Bonchev–Trinajstić information content (AvgIpc) is 1.84. The lowest BCUT2D eigenvalue weighted by molar-refractivity contribution is 0.135. The minimum atomic E-state index is -0.337. The molecule has 0 spiro atoms. The molecule has 0 aliphatic carbocycles. The van der Waals surface area contributed by atoms with Crippen LogP contribution in [0.3, 0.4) is 0 Å². The molecular weight excluding hydrogens is 154 g/mol. The molecule has 0 fully saturated rings. The van der Waals surface area contributed by atoms with Crippen LogP contribution in [0.2, 0.25) is 0 Å². The third kappa shape index (κ3) is 7.98. The van der Waals surface area contributed by atoms with Gasteiger partial charge in [0.1, 0.15) is 0 Å². The third-order valence-electron chi connectivity index (χ3n) is 1.56. The molecule has 3 nitrogen and oxygen atoms in total. The summed E-state index contributed by atoms with van der Waals surface area (Å²) >= 11 is 0. The normalized spacial score (nSPS) is 16.5. The van der Waals surface area contributed by atoms with Gasteiger partial charge in [0.2, 0.25) is 0 Å². The number of hydrogen-bond acceptors (Lipinski definition) is 3. The van der Waals surface area contributed by atoms with Crippen LogP contribution in [-0.4, -0.2) is 35.5 Å². The summed E-state index contributed by atoms with van der Waals surface area (Å²) < 4.78 is 0. The Morgan fingerprint density at radius 1 is 1.08 bits per heavy atom. The smallest absolute Gasteiger partial charge is 0.0667 e. The van der Waals surface area contributed by atoms with Gasteiger partial charge in [-0.1, -0.05) is 13.8 Å². The van der Waals surface area contributed by atoms with Crippen LogP contribution in [0.1, 0.15) is 27.2 Å². The summed E-state index contributed by atoms with van der Waals surface area (Å²) in [5, 5.41) is 21.3. The highest BCUT2D eigenvalue weighted by Gasteiger charge is 2.06. The summed E-state index contributed by atoms with van der Waals surface area (Å²) in [5.74, 6) is 0.522. The Morgan fingerprint density at radius 2 is 1.67 bits per heavy atom. The Balaban J connectivity index is 3.25. The van der Waals surface area contributed by atoms with Crippen LogP contribution >= 0.6 is 0 Å². The number of aliphatic hydroxyl groups excluding tert-OH is 2. The zero-order valence-corrected chi connectivity index (χ0v) is 8.25. The van der Waals surface area contributed by atoms with Gasteiger partial charge in [-0.15, -0.1) is 0 Å². The molecule has 0 radical (unpaired) electrons. The Morgan fingerprint density at radius 3 is 2.08 bits per heavy atom. The van der Waals surface area contributed by atoms with Crippen molar-refractivity contribution in [1.29, 1.82) is 0 Å². The molecule has 0 saturated carbocycles. The van der Waals surface area contributed by atoms with E-state index in [1.807, 2.05) is 0 Å². The molecule has 0 heterocycles. The summed E-state index contributed by atoms with van der Waals surface area (Å²) in [6.45, 7) is 7.01. The fourth-order valence-electron chi connectivity index (χ4n) is 1.09. The maximum absolute atomic E-state index is 9.39. The van der Waals surface area contributed by atoms with E-state index < -0.39 is 0 Å². The van der Waals surface area contributed by atoms with Crippen LogP contribution in [0.4, 0.5) is 0 Å². The van der Waals surface area contributed by atoms with Crippen molar-refractivity contribution >= 4 is 0 Å². The van der Waals surface area contributed by atoms with Crippen molar-refractivity contribution in [3.63, 3.8) is 0 Å². The van der Waals surface area contributed by atoms with Gasteiger partial charge < -0.3 is 15.5 Å². The molecule has 2 unspecified atom stereocenters. The van der Waals surface area contributed by atoms with Crippen LogP contribution < -0.4 is 5.32 Å². The fraction of sp³-hybridized carbons (Fsp3) is 1.00. The highest BCUT2D eigenvalue weighted by atomic mass is 16.3. The quantitative estimate of drug-likeness (QED) is 0.546. The van der Waals surface area contributed by atoms with E-state index in [-0.39, 0.29) is 12.2 Å². The first-order chi connectivity index (χ1) is 5.52. The van der Waals surface area contributed by atoms with Crippen molar-refractivity contribution in [2.45, 2.75) is 39.4 Å². The third-order valence-corrected chi connectivity index (χ3v) is 1.56. The summed E-state index contributed by atoms with van der Waals surface area (Å²) in [7, 11) is 0. The molecule has 12 heavy (non-hydrogen) atoms. The molecular formula is C9H21NO2. The van der Waals surface area contributed by atoms with Gasteiger partial charge in [0, 0.05) is 13.1 Å². The van der Waals surface area contributed by atoms with Crippen molar-refractivity contribution < 1.29 is 10.2 Å². The lowest BCUT2D eigenvalue weighted by atomic mass is 10.1. The Bertz CT molecular complexity index is 105. The second-order valence-electron chi connectivity index (χ2n) is 3.79. The molecule has 0 aliphatic heterocycles. The van der Waals surface area contributed by atoms with Gasteiger partial charge in [-0.3, -0.25) is 0 Å². The topological polar surface area (TPSA) is 52.5 Å². The van der Waals surface area contributed by atoms with Gasteiger partial charge >= 0.3 is 0 Å². The summed E-state index contributed by atoms with van der Waals surface area (Å²) in [4.78, 5) is 0. The number of nitrogens with one attached hydrogen (secondary N) is 1. The minimum Gasteiger partial charge on any atom is -0.392 e. The van der Waals surface area contributed by atoms with E-state index in [0.29, 0.717) is 19.0 Å². The predicted octanol–water partition coefficient (Wildman–Crippen LogP) is 0.364. The predicted molar refractivity (Wildman–Crippen MR) is 50.0 cm³/mol. The lowest BCUT2D eigenvalue weighted by Gasteiger charge is -2.14. The highest BCUT2D eigenvalue weighted by Crippen LogP contribution is 2.02. The fourth-order valence-corrected chi connectivity index (χ4v) is 1.09. The first-order valence-corrected chi connectivity index (χ1v) is 4.59. The second-order valence-corrected chi connectivity index (χ2v) is 3.79. The maximum atomic E-state index is 9.39. The number of hydrogen-bond donors (Lipinski definition) is 3. The van der Waals surface area contributed by atoms with Crippen LogP contribution in [0, 0.1) is 5.92 Å². The second kappa shape index (κ2) is 6.40. The van der Waals surface area contributed by atoms with Gasteiger partial charge in [-0.2, -0.15) is 0 Å². The van der Waals surface area contributed by atoms with Gasteiger partial charge in [0.15, 0.2) is 0 Å². The van der Waals surface area contributed by atoms with Crippen LogP contribution in [0.25, 0.3) is 0 Å². The Labute approximate surface area is 74.8 Å². The van der Waals surface area contributed by atoms with Crippen molar-refractivity contribution in [1.82, 2.24) is 5.32 Å². The molecule has 0 rings (SSSR count). The molecule has 0 aliphatic rings. The molecule has 0 aromatic heterocycles. The molecule has 0 aromatic rings. The Kier molecular flexibility index (Phi) is 6.34. The van der Waals surface area contributed by atoms with Gasteiger partial charge in [-0.05, 0) is 19.3 Å². The first-order valence-electron chi connectivity index (χ1n) is 4.59. The van der Waals surface area contributed by atoms with E-state index in [9.17, 15) is 5.11 Å². The van der Waals surface area contributed by atoms with Crippen molar-refractivity contribution in [2.75, 3.05) is 13.1 Å². The van der Waals surface area contributed by atoms with Gasteiger partial charge in [-0.25, -0.2) is 0 Å². The molecule has 0 amide bonds. The van der Waals surface area contributed by atoms with Gasteiger partial charge in [0.25, 0.3) is 0 Å². The van der Waals surface area contributed by atoms with E-state index >= 15 is 0 Å². The van der Waals surface area contributed by atoms with E-state index in [2.05, 4.69) is 19.2 Å². The van der Waals surface area contributed by atoms with Crippen molar-refractivity contribution in [3.8, 4) is 0 Å². The molecule has 0 aromatic carbocycles.